The van der Waals surface area contributed by atoms with Crippen LogP contribution in [-0.4, -0.2) is 13.2 Å². The van der Waals surface area contributed by atoms with E-state index >= 15 is 0 Å². The molecule has 0 radical (unpaired) electrons. The Bertz CT molecular complexity index is 334. The Morgan fingerprint density at radius 1 is 1.24 bits per heavy atom. The van der Waals surface area contributed by atoms with E-state index in [1.54, 1.807) is 12.1 Å². The minimum atomic E-state index is -3.04. The summed E-state index contributed by atoms with van der Waals surface area (Å²) in [5, 5.41) is 0.661. The van der Waals surface area contributed by atoms with Gasteiger partial charge in [0.1, 0.15) is 5.30 Å². The minimum Gasteiger partial charge on any atom is -0.627 e. The predicted molar refractivity (Wildman–Crippen MR) is 67.9 cm³/mol. The van der Waals surface area contributed by atoms with Gasteiger partial charge >= 0.3 is 0 Å². The molecule has 94 valence electrons. The molecule has 1 heterocycles. The Labute approximate surface area is 103 Å². The maximum Gasteiger partial charge on any atom is 0.271 e. The van der Waals surface area contributed by atoms with E-state index in [1.807, 2.05) is 18.2 Å². The Kier molecular flexibility index (Phi) is 4.52. The molecule has 17 heavy (non-hydrogen) atoms. The van der Waals surface area contributed by atoms with Crippen LogP contribution in [0.15, 0.2) is 30.3 Å². The summed E-state index contributed by atoms with van der Waals surface area (Å²) in [7, 11) is -3.04. The summed E-state index contributed by atoms with van der Waals surface area (Å²) in [5.41, 5.74) is 0. The van der Waals surface area contributed by atoms with Crippen molar-refractivity contribution in [2.75, 3.05) is 13.2 Å². The molecule has 1 fully saturated rings. The van der Waals surface area contributed by atoms with Crippen LogP contribution >= 0.6 is 7.94 Å². The fraction of sp³-hybridized carbons (Fsp3) is 0.538. The number of benzene rings is 1. The van der Waals surface area contributed by atoms with E-state index in [9.17, 15) is 4.89 Å². The summed E-state index contributed by atoms with van der Waals surface area (Å²) < 4.78 is 11.0. The van der Waals surface area contributed by atoms with Gasteiger partial charge in [0.25, 0.3) is 7.94 Å². The molecule has 0 aliphatic carbocycles. The molecule has 0 spiro atoms. The molecule has 0 unspecified atom stereocenters. The van der Waals surface area contributed by atoms with E-state index in [0.29, 0.717) is 24.4 Å². The lowest BCUT2D eigenvalue weighted by Gasteiger charge is -2.34. The van der Waals surface area contributed by atoms with Gasteiger partial charge in [0.15, 0.2) is 0 Å². The Morgan fingerprint density at radius 2 is 1.88 bits per heavy atom. The fourth-order valence-corrected chi connectivity index (χ4v) is 3.64. The van der Waals surface area contributed by atoms with E-state index in [-0.39, 0.29) is 0 Å². The molecule has 0 atom stereocenters. The second-order valence-electron chi connectivity index (χ2n) is 4.43. The van der Waals surface area contributed by atoms with Crippen LogP contribution in [0.1, 0.15) is 26.2 Å². The standard InChI is InChI=1S/C13H19O3P/c1-2-3-7-12-10-15-17(14,16-11-12)13-8-5-4-6-9-13/h4-6,8-9,12H,2-3,7,10-11H2,1H3. The van der Waals surface area contributed by atoms with Gasteiger partial charge in [-0.1, -0.05) is 38.0 Å². The first kappa shape index (κ1) is 13.0. The van der Waals surface area contributed by atoms with Crippen molar-refractivity contribution < 1.29 is 13.9 Å². The molecule has 0 N–H and O–H groups in total. The van der Waals surface area contributed by atoms with E-state index in [4.69, 9.17) is 9.05 Å². The van der Waals surface area contributed by atoms with Gasteiger partial charge in [0.05, 0.1) is 13.2 Å². The highest BCUT2D eigenvalue weighted by molar-refractivity contribution is 7.67. The summed E-state index contributed by atoms with van der Waals surface area (Å²) >= 11 is 0. The zero-order valence-electron chi connectivity index (χ0n) is 10.2. The molecule has 1 aromatic rings. The van der Waals surface area contributed by atoms with Gasteiger partial charge in [-0.05, 0) is 18.6 Å². The second kappa shape index (κ2) is 5.92. The quantitative estimate of drug-likeness (QED) is 0.774. The monoisotopic (exact) mass is 254 g/mol. The van der Waals surface area contributed by atoms with Crippen LogP contribution in [0.25, 0.3) is 0 Å². The Balaban J connectivity index is 1.93. The molecule has 1 aromatic carbocycles. The van der Waals surface area contributed by atoms with Crippen molar-refractivity contribution in [1.29, 1.82) is 0 Å². The van der Waals surface area contributed by atoms with Crippen LogP contribution in [-0.2, 0) is 9.05 Å². The van der Waals surface area contributed by atoms with Crippen molar-refractivity contribution in [3.8, 4) is 0 Å². The molecule has 3 nitrogen and oxygen atoms in total. The van der Waals surface area contributed by atoms with Crippen molar-refractivity contribution in [3.05, 3.63) is 30.3 Å². The van der Waals surface area contributed by atoms with Crippen LogP contribution < -0.4 is 10.2 Å². The first-order chi connectivity index (χ1) is 8.24. The number of hydrogen-bond acceptors (Lipinski definition) is 3. The van der Waals surface area contributed by atoms with E-state index in [2.05, 4.69) is 6.92 Å². The van der Waals surface area contributed by atoms with Crippen LogP contribution in [0.3, 0.4) is 0 Å². The molecule has 0 bridgehead atoms. The fourth-order valence-electron chi connectivity index (χ4n) is 1.91. The van der Waals surface area contributed by atoms with Gasteiger partial charge in [-0.25, -0.2) is 9.05 Å². The lowest BCUT2D eigenvalue weighted by atomic mass is 10.0. The average molecular weight is 254 g/mol. The maximum absolute atomic E-state index is 12.4. The van der Waals surface area contributed by atoms with Crippen molar-refractivity contribution in [3.63, 3.8) is 0 Å². The van der Waals surface area contributed by atoms with Crippen LogP contribution in [0.4, 0.5) is 0 Å². The first-order valence-electron chi connectivity index (χ1n) is 6.19. The smallest absolute Gasteiger partial charge is 0.271 e. The van der Waals surface area contributed by atoms with Crippen molar-refractivity contribution in [2.45, 2.75) is 26.2 Å². The number of hydrogen-bond donors (Lipinski definition) is 0. The summed E-state index contributed by atoms with van der Waals surface area (Å²) in [4.78, 5) is 12.4. The van der Waals surface area contributed by atoms with Gasteiger partial charge in [0.2, 0.25) is 0 Å². The highest BCUT2D eigenvalue weighted by Gasteiger charge is 2.39. The third kappa shape index (κ3) is 3.26. The van der Waals surface area contributed by atoms with Crippen LogP contribution in [0, 0.1) is 5.92 Å². The van der Waals surface area contributed by atoms with Crippen molar-refractivity contribution in [2.24, 2.45) is 5.92 Å². The summed E-state index contributed by atoms with van der Waals surface area (Å²) in [6, 6.07) is 9.19. The Morgan fingerprint density at radius 3 is 2.47 bits per heavy atom. The third-order valence-corrected chi connectivity index (χ3v) is 4.91. The number of rotatable bonds is 4. The third-order valence-electron chi connectivity index (χ3n) is 3.00. The van der Waals surface area contributed by atoms with E-state index in [1.165, 1.54) is 12.8 Å². The molecule has 0 saturated carbocycles. The van der Waals surface area contributed by atoms with Gasteiger partial charge in [-0.15, -0.1) is 0 Å². The summed E-state index contributed by atoms with van der Waals surface area (Å²) in [6.07, 6.45) is 3.44. The van der Waals surface area contributed by atoms with Gasteiger partial charge in [-0.2, -0.15) is 0 Å². The molecule has 0 aromatic heterocycles. The topological polar surface area (TPSA) is 41.5 Å². The normalized spacial score (nSPS) is 29.2. The largest absolute Gasteiger partial charge is 0.627 e. The summed E-state index contributed by atoms with van der Waals surface area (Å²) in [6.45, 7) is 3.26. The van der Waals surface area contributed by atoms with Gasteiger partial charge < -0.3 is 4.89 Å². The number of unbranched alkanes of at least 4 members (excludes halogenated alkanes) is 1. The molecular weight excluding hydrogens is 235 g/mol. The highest BCUT2D eigenvalue weighted by Crippen LogP contribution is 2.54. The molecule has 4 heteroatoms. The minimum absolute atomic E-state index is 0.390. The van der Waals surface area contributed by atoms with E-state index in [0.717, 1.165) is 6.42 Å². The van der Waals surface area contributed by atoms with Crippen molar-refractivity contribution >= 4 is 13.2 Å². The lowest BCUT2D eigenvalue weighted by Crippen LogP contribution is -2.34. The predicted octanol–water partition coefficient (Wildman–Crippen LogP) is 2.29. The second-order valence-corrected chi connectivity index (χ2v) is 6.46. The zero-order chi connectivity index (χ0) is 12.1. The maximum atomic E-state index is 12.4. The van der Waals surface area contributed by atoms with Crippen LogP contribution in [0.2, 0.25) is 0 Å². The van der Waals surface area contributed by atoms with Gasteiger partial charge in [-0.3, -0.25) is 0 Å². The van der Waals surface area contributed by atoms with Gasteiger partial charge in [0, 0.05) is 5.92 Å². The Hall–Kier alpha value is -0.470. The van der Waals surface area contributed by atoms with Crippen LogP contribution in [0.5, 0.6) is 0 Å². The molecule has 0 amide bonds. The first-order valence-corrected chi connectivity index (χ1v) is 7.73. The van der Waals surface area contributed by atoms with Crippen molar-refractivity contribution in [1.82, 2.24) is 0 Å². The molecular formula is C13H19O3P. The summed E-state index contributed by atoms with van der Waals surface area (Å²) in [5.74, 6) is 0.390. The average Bonchev–Trinajstić information content (AvgIpc) is 2.39. The lowest BCUT2D eigenvalue weighted by molar-refractivity contribution is -0.223. The van der Waals surface area contributed by atoms with E-state index < -0.39 is 7.94 Å². The zero-order valence-corrected chi connectivity index (χ0v) is 11.1. The molecule has 1 saturated heterocycles. The highest BCUT2D eigenvalue weighted by atomic mass is 31.2. The molecule has 2 rings (SSSR count). The molecule has 1 aliphatic heterocycles. The SMILES string of the molecule is CCCCC1CO[P+]([O-])(c2ccccc2)OC1. The molecule has 1 aliphatic rings.